The zero-order chi connectivity index (χ0) is 81.5. The molecule has 5 N–H and O–H groups in total. The van der Waals surface area contributed by atoms with Gasteiger partial charge in [-0.15, -0.1) is 0 Å². The first-order chi connectivity index (χ1) is 50.6. The van der Waals surface area contributed by atoms with Crippen molar-refractivity contribution >= 4 is 0 Å². The van der Waals surface area contributed by atoms with Gasteiger partial charge in [-0.2, -0.15) is 0 Å². The fraction of sp³-hybridized carbons (Fsp3) is 1.00. The van der Waals surface area contributed by atoms with Gasteiger partial charge in [0, 0.05) is 13.2 Å². The molecule has 12 fully saturated rings. The Morgan fingerprint density at radius 1 is 0.315 bits per heavy atom. The molecule has 12 rings (SSSR count). The van der Waals surface area contributed by atoms with E-state index in [-0.39, 0.29) is 24.4 Å². The van der Waals surface area contributed by atoms with Gasteiger partial charge in [0.1, 0.15) is 0 Å². The monoisotopic (exact) mass is 1520 g/mol. The van der Waals surface area contributed by atoms with Crippen LogP contribution in [0.5, 0.6) is 0 Å². The molecule has 12 aliphatic rings. The van der Waals surface area contributed by atoms with Crippen LogP contribution in [0.4, 0.5) is 0 Å². The maximum absolute atomic E-state index is 9.72. The SMILES string of the molecule is CC(C)C1(CO)CCCC1.CC(C)C1CC2(CCC2)C1.CC(C)C1CCC1O.CC(C)C1CCCC(C)(C)C1.CC(C)C1CCCC1C.CC(C)C1CCCCC1.CC(C)C1CCCCC1(C)C.CC(C)C1CCCCC1O.CC(C)C1CCCCC1O.CC(C)C1CCCCCC1O.CC(C)CC1CCCO1. The Labute approximate surface area is 679 Å². The maximum Gasteiger partial charge on any atom is 0.0578 e. The lowest BCUT2D eigenvalue weighted by atomic mass is 9.50. The minimum absolute atomic E-state index is 0.00579. The Morgan fingerprint density at radius 3 is 0.991 bits per heavy atom. The Kier molecular flexibility index (Phi) is 52.6. The lowest BCUT2D eigenvalue weighted by Crippen LogP contribution is -2.44. The Hall–Kier alpha value is -0.240. The second-order valence-corrected chi connectivity index (χ2v) is 44.4. The number of aliphatic hydroxyl groups excluding tert-OH is 5. The number of rotatable bonds is 13. The van der Waals surface area contributed by atoms with E-state index in [1.165, 1.54) is 225 Å². The fourth-order valence-corrected chi connectivity index (χ4v) is 22.2. The van der Waals surface area contributed by atoms with Crippen LogP contribution in [0.2, 0.25) is 0 Å². The van der Waals surface area contributed by atoms with E-state index in [0.717, 1.165) is 109 Å². The molecule has 646 valence electrons. The van der Waals surface area contributed by atoms with Crippen LogP contribution < -0.4 is 0 Å². The summed E-state index contributed by atoms with van der Waals surface area (Å²) >= 11 is 0. The molecule has 0 radical (unpaired) electrons. The van der Waals surface area contributed by atoms with Gasteiger partial charge in [-0.05, 0) is 287 Å². The van der Waals surface area contributed by atoms with E-state index in [2.05, 4.69) is 187 Å². The third-order valence-corrected chi connectivity index (χ3v) is 30.9. The molecular weight excluding hydrogens is 1320 g/mol. The van der Waals surface area contributed by atoms with Crippen LogP contribution in [0.25, 0.3) is 0 Å². The molecule has 13 unspecified atom stereocenters. The van der Waals surface area contributed by atoms with Crippen molar-refractivity contribution < 1.29 is 30.3 Å². The highest BCUT2D eigenvalue weighted by Gasteiger charge is 2.48. The van der Waals surface area contributed by atoms with Crippen LogP contribution in [0, 0.1) is 146 Å². The first kappa shape index (κ1) is 104. The highest BCUT2D eigenvalue weighted by atomic mass is 16.5. The third kappa shape index (κ3) is 40.3. The second kappa shape index (κ2) is 54.7. The minimum atomic E-state index is -0.0162. The summed E-state index contributed by atoms with van der Waals surface area (Å²) in [6, 6.07) is 0. The van der Waals surface area contributed by atoms with Crippen molar-refractivity contribution in [2.75, 3.05) is 13.2 Å². The molecule has 6 heteroatoms. The molecule has 108 heavy (non-hydrogen) atoms. The maximum atomic E-state index is 9.72. The van der Waals surface area contributed by atoms with E-state index in [9.17, 15) is 20.4 Å². The quantitative estimate of drug-likeness (QED) is 0.118. The van der Waals surface area contributed by atoms with Crippen LogP contribution >= 0.6 is 0 Å². The predicted octanol–water partition coefficient (Wildman–Crippen LogP) is 30.0. The minimum Gasteiger partial charge on any atom is -0.396 e. The number of hydrogen-bond donors (Lipinski definition) is 5. The molecule has 6 nitrogen and oxygen atoms in total. The molecule has 13 atom stereocenters. The van der Waals surface area contributed by atoms with Gasteiger partial charge in [-0.25, -0.2) is 0 Å². The molecule has 1 spiro atoms. The standard InChI is InChI=1S/2C11H22.C10H20O.C10H18.3C9H18O.2C9H18.C8H16O.C7H14O/c1-9(2)10-6-5-7-11(3,4)8-10;1-9(2)10-7-5-6-8-11(10,3)4;1-8(2)9-6-4-3-5-7-10(9)11;1-8(2)9-6-10(7-9)4-3-5-10;1-8(2)9(7-10)5-3-4-6-9;2*1-7(2)8-5-3-4-6-9(8)10;1-7(2)9-6-4-5-8(9)3;1-8(2)9-6-4-3-5-7-9;1-7(2)6-8-4-3-5-9-8;1-5(2)6-3-4-7(6)8/h2*9-10H,5-8H2,1-4H3;8-11H,3-7H2,1-2H3;8-9H,3-7H2,1-2H3;8,10H,3-7H2,1-2H3;2*7-10H,3-6H2,1-2H3;7-9H,4-6H2,1-3H3;8-9H,3-7H2,1-2H3;7-8H,3-6H2,1-2H3;5-8H,3-4H2,1-2H3. The van der Waals surface area contributed by atoms with E-state index in [0.29, 0.717) is 82.2 Å². The zero-order valence-electron chi connectivity index (χ0n) is 78.5. The molecular formula is C102H202O6. The van der Waals surface area contributed by atoms with Crippen molar-refractivity contribution in [2.45, 2.75) is 494 Å². The summed E-state index contributed by atoms with van der Waals surface area (Å²) in [4.78, 5) is 0. The molecule has 0 bridgehead atoms. The number of ether oxygens (including phenoxy) is 1. The van der Waals surface area contributed by atoms with E-state index in [1.807, 2.05) is 0 Å². The van der Waals surface area contributed by atoms with E-state index in [1.54, 1.807) is 25.7 Å². The van der Waals surface area contributed by atoms with Crippen LogP contribution in [-0.2, 0) is 4.74 Å². The van der Waals surface area contributed by atoms with Gasteiger partial charge in [-0.1, -0.05) is 322 Å². The molecule has 0 aromatic rings. The zero-order valence-corrected chi connectivity index (χ0v) is 78.5. The van der Waals surface area contributed by atoms with Crippen molar-refractivity contribution in [3.8, 4) is 0 Å². The largest absolute Gasteiger partial charge is 0.396 e. The topological polar surface area (TPSA) is 110 Å². The average Bonchev–Trinajstić information content (AvgIpc) is 0.894. The number of hydrogen-bond acceptors (Lipinski definition) is 6. The summed E-state index contributed by atoms with van der Waals surface area (Å²) in [6.45, 7) is 63.7. The Balaban J connectivity index is 0.000000404. The Morgan fingerprint density at radius 2 is 0.713 bits per heavy atom. The summed E-state index contributed by atoms with van der Waals surface area (Å²) in [5.74, 6) is 17.2. The van der Waals surface area contributed by atoms with Gasteiger partial charge in [0.15, 0.2) is 0 Å². The van der Waals surface area contributed by atoms with Crippen LogP contribution in [0.1, 0.15) is 463 Å². The van der Waals surface area contributed by atoms with Gasteiger partial charge < -0.3 is 30.3 Å². The predicted molar refractivity (Wildman–Crippen MR) is 476 cm³/mol. The molecule has 0 aromatic heterocycles. The average molecular weight is 1520 g/mol. The summed E-state index contributed by atoms with van der Waals surface area (Å²) < 4.78 is 5.46. The summed E-state index contributed by atoms with van der Waals surface area (Å²) in [5, 5.41) is 47.1. The summed E-state index contributed by atoms with van der Waals surface area (Å²) in [5.41, 5.74) is 2.44. The fourth-order valence-electron chi connectivity index (χ4n) is 22.2. The lowest BCUT2D eigenvalue weighted by Gasteiger charge is -2.55. The molecule has 0 aromatic carbocycles. The Bertz CT molecular complexity index is 2070. The van der Waals surface area contributed by atoms with Gasteiger partial charge in [0.25, 0.3) is 0 Å². The van der Waals surface area contributed by atoms with Crippen molar-refractivity contribution in [2.24, 2.45) is 146 Å². The van der Waals surface area contributed by atoms with E-state index >= 15 is 0 Å². The molecule has 11 aliphatic carbocycles. The molecule has 1 heterocycles. The second-order valence-electron chi connectivity index (χ2n) is 44.4. The van der Waals surface area contributed by atoms with Crippen molar-refractivity contribution in [1.82, 2.24) is 0 Å². The smallest absolute Gasteiger partial charge is 0.0578 e. The first-order valence-electron chi connectivity index (χ1n) is 48.6. The van der Waals surface area contributed by atoms with Crippen molar-refractivity contribution in [1.29, 1.82) is 0 Å². The highest BCUT2D eigenvalue weighted by Crippen LogP contribution is 2.60. The van der Waals surface area contributed by atoms with Crippen LogP contribution in [0.15, 0.2) is 0 Å². The lowest BCUT2D eigenvalue weighted by molar-refractivity contribution is -0.0435. The highest BCUT2D eigenvalue weighted by molar-refractivity contribution is 5.00. The number of aliphatic hydroxyl groups is 5. The van der Waals surface area contributed by atoms with Gasteiger partial charge in [0.05, 0.1) is 30.5 Å². The van der Waals surface area contributed by atoms with E-state index in [4.69, 9.17) is 9.84 Å². The summed E-state index contributed by atoms with van der Waals surface area (Å²) in [6.07, 6.45) is 58.8. The van der Waals surface area contributed by atoms with Crippen LogP contribution in [0.3, 0.4) is 0 Å². The third-order valence-electron chi connectivity index (χ3n) is 30.9. The van der Waals surface area contributed by atoms with Crippen molar-refractivity contribution in [3.63, 3.8) is 0 Å². The molecule has 0 amide bonds. The van der Waals surface area contributed by atoms with Crippen molar-refractivity contribution in [3.05, 3.63) is 0 Å². The molecule has 1 saturated heterocycles. The van der Waals surface area contributed by atoms with Crippen LogP contribution in [-0.4, -0.2) is 69.3 Å². The first-order valence-corrected chi connectivity index (χ1v) is 48.6. The normalized spacial score (nSPS) is 31.2. The van der Waals surface area contributed by atoms with E-state index < -0.39 is 0 Å². The van der Waals surface area contributed by atoms with Gasteiger partial charge >= 0.3 is 0 Å². The van der Waals surface area contributed by atoms with Gasteiger partial charge in [0.2, 0.25) is 0 Å². The summed E-state index contributed by atoms with van der Waals surface area (Å²) in [7, 11) is 0. The van der Waals surface area contributed by atoms with Gasteiger partial charge in [-0.3, -0.25) is 0 Å². The molecule has 1 aliphatic heterocycles. The molecule has 11 saturated carbocycles.